The van der Waals surface area contributed by atoms with E-state index in [0.717, 1.165) is 0 Å². The van der Waals surface area contributed by atoms with Crippen LogP contribution >= 0.6 is 24.4 Å². The molecular formula is C9H13NO3S2. The average molecular weight is 247 g/mol. The van der Waals surface area contributed by atoms with Crippen LogP contribution in [0.5, 0.6) is 0 Å². The lowest BCUT2D eigenvalue weighted by molar-refractivity contribution is -0.162. The molecule has 2 fully saturated rings. The summed E-state index contributed by atoms with van der Waals surface area (Å²) in [4.78, 5) is 24.3. The van der Waals surface area contributed by atoms with E-state index in [9.17, 15) is 9.59 Å². The highest BCUT2D eigenvalue weighted by atomic mass is 32.2. The summed E-state index contributed by atoms with van der Waals surface area (Å²) in [5.74, 6) is -0.599. The molecule has 1 amide bonds. The second kappa shape index (κ2) is 3.31. The maximum Gasteiger partial charge on any atom is 0.327 e. The highest BCUT2D eigenvalue weighted by molar-refractivity contribution is 8.01. The van der Waals surface area contributed by atoms with Crippen molar-refractivity contribution in [3.63, 3.8) is 0 Å². The number of amides is 1. The predicted octanol–water partition coefficient (Wildman–Crippen LogP) is 0.679. The van der Waals surface area contributed by atoms with E-state index in [1.165, 1.54) is 4.90 Å². The Morgan fingerprint density at radius 1 is 1.67 bits per heavy atom. The van der Waals surface area contributed by atoms with Crippen LogP contribution in [0.15, 0.2) is 0 Å². The number of thiol groups is 1. The molecule has 4 nitrogen and oxygen atoms in total. The highest BCUT2D eigenvalue weighted by Gasteiger charge is 2.63. The average Bonchev–Trinajstić information content (AvgIpc) is 2.35. The molecular weight excluding hydrogens is 234 g/mol. The van der Waals surface area contributed by atoms with Gasteiger partial charge in [-0.25, -0.2) is 4.79 Å². The first kappa shape index (κ1) is 11.1. The van der Waals surface area contributed by atoms with E-state index in [-0.39, 0.29) is 17.2 Å². The second-order valence-corrected chi connectivity index (χ2v) is 6.52. The normalized spacial score (nSPS) is 37.4. The molecule has 0 saturated carbocycles. The zero-order chi connectivity index (χ0) is 11.4. The molecule has 0 radical (unpaired) electrons. The van der Waals surface area contributed by atoms with Gasteiger partial charge in [0.15, 0.2) is 0 Å². The smallest absolute Gasteiger partial charge is 0.327 e. The minimum absolute atomic E-state index is 0.00565. The summed E-state index contributed by atoms with van der Waals surface area (Å²) in [5, 5.41) is 9.13. The number of aliphatic carboxylic acids is 1. The van der Waals surface area contributed by atoms with Gasteiger partial charge in [0, 0.05) is 10.5 Å². The number of carbonyl (C=O) groups is 2. The Balaban J connectivity index is 2.28. The number of fused-ring (bicyclic) bond motifs is 1. The molecule has 1 N–H and O–H groups in total. The Bertz CT molecular complexity index is 331. The van der Waals surface area contributed by atoms with Gasteiger partial charge in [0.1, 0.15) is 6.04 Å². The molecule has 0 aliphatic carbocycles. The largest absolute Gasteiger partial charge is 0.480 e. The Morgan fingerprint density at radius 2 is 2.27 bits per heavy atom. The van der Waals surface area contributed by atoms with Crippen LogP contribution in [0.25, 0.3) is 0 Å². The highest BCUT2D eigenvalue weighted by Crippen LogP contribution is 2.53. The molecule has 0 spiro atoms. The van der Waals surface area contributed by atoms with Crippen molar-refractivity contribution >= 4 is 36.3 Å². The lowest BCUT2D eigenvalue weighted by Gasteiger charge is -2.43. The summed E-state index contributed by atoms with van der Waals surface area (Å²) in [6, 6.07) is -0.698. The molecule has 0 aromatic rings. The molecule has 2 heterocycles. The number of rotatable bonds is 2. The fourth-order valence-electron chi connectivity index (χ4n) is 2.26. The van der Waals surface area contributed by atoms with Gasteiger partial charge in [0.05, 0.1) is 11.3 Å². The van der Waals surface area contributed by atoms with Crippen LogP contribution in [0, 0.1) is 5.92 Å². The molecule has 2 aliphatic heterocycles. The van der Waals surface area contributed by atoms with E-state index in [1.54, 1.807) is 11.8 Å². The summed E-state index contributed by atoms with van der Waals surface area (Å²) in [6.07, 6.45) is 0. The first-order valence-electron chi connectivity index (χ1n) is 4.74. The Kier molecular flexibility index (Phi) is 2.46. The third-order valence-corrected chi connectivity index (χ3v) is 5.00. The molecule has 15 heavy (non-hydrogen) atoms. The molecule has 0 aromatic heterocycles. The van der Waals surface area contributed by atoms with Gasteiger partial charge >= 0.3 is 5.97 Å². The Hall–Kier alpha value is -0.360. The van der Waals surface area contributed by atoms with E-state index in [4.69, 9.17) is 5.11 Å². The van der Waals surface area contributed by atoms with Crippen LogP contribution in [-0.2, 0) is 9.59 Å². The molecule has 1 unspecified atom stereocenters. The number of carbonyl (C=O) groups excluding carboxylic acids is 1. The fourth-order valence-corrected chi connectivity index (χ4v) is 4.44. The van der Waals surface area contributed by atoms with Gasteiger partial charge in [-0.2, -0.15) is 12.6 Å². The molecule has 2 saturated heterocycles. The molecule has 0 bridgehead atoms. The van der Waals surface area contributed by atoms with Gasteiger partial charge in [-0.15, -0.1) is 11.8 Å². The molecule has 6 heteroatoms. The third kappa shape index (κ3) is 1.38. The van der Waals surface area contributed by atoms with Gasteiger partial charge in [0.25, 0.3) is 0 Å². The number of thioether (sulfide) groups is 1. The first-order valence-corrected chi connectivity index (χ1v) is 6.25. The van der Waals surface area contributed by atoms with E-state index in [0.29, 0.717) is 5.75 Å². The van der Waals surface area contributed by atoms with Crippen LogP contribution in [-0.4, -0.2) is 43.8 Å². The number of nitrogens with zero attached hydrogens (tertiary/aromatic N) is 1. The van der Waals surface area contributed by atoms with Gasteiger partial charge < -0.3 is 10.0 Å². The summed E-state index contributed by atoms with van der Waals surface area (Å²) >= 11 is 5.68. The maximum absolute atomic E-state index is 11.7. The van der Waals surface area contributed by atoms with Crippen molar-refractivity contribution in [3.8, 4) is 0 Å². The number of carboxylic acid groups (broad SMARTS) is 1. The van der Waals surface area contributed by atoms with Crippen LogP contribution < -0.4 is 0 Å². The monoisotopic (exact) mass is 247 g/mol. The van der Waals surface area contributed by atoms with Crippen LogP contribution in [0.1, 0.15) is 13.8 Å². The Labute approximate surface area is 97.8 Å². The topological polar surface area (TPSA) is 57.6 Å². The van der Waals surface area contributed by atoms with E-state index < -0.39 is 16.8 Å². The SMILES string of the molecule is CC1(C)S[C@@H]2C(CS)C(=O)N2[C@H]1C(=O)O. The quantitative estimate of drug-likeness (QED) is 0.556. The van der Waals surface area contributed by atoms with Crippen molar-refractivity contribution in [2.45, 2.75) is 30.0 Å². The van der Waals surface area contributed by atoms with Gasteiger partial charge in [-0.05, 0) is 13.8 Å². The lowest BCUT2D eigenvalue weighted by Crippen LogP contribution is -2.63. The lowest BCUT2D eigenvalue weighted by atomic mass is 9.93. The van der Waals surface area contributed by atoms with Crippen LogP contribution in [0.3, 0.4) is 0 Å². The zero-order valence-electron chi connectivity index (χ0n) is 8.51. The summed E-state index contributed by atoms with van der Waals surface area (Å²) in [7, 11) is 0. The van der Waals surface area contributed by atoms with Crippen molar-refractivity contribution in [3.05, 3.63) is 0 Å². The minimum atomic E-state index is -0.916. The number of hydrogen-bond acceptors (Lipinski definition) is 4. The van der Waals surface area contributed by atoms with Gasteiger partial charge in [0.2, 0.25) is 5.91 Å². The summed E-state index contributed by atoms with van der Waals surface area (Å²) < 4.78 is -0.413. The van der Waals surface area contributed by atoms with Gasteiger partial charge in [-0.1, -0.05) is 0 Å². The van der Waals surface area contributed by atoms with Crippen molar-refractivity contribution in [1.29, 1.82) is 0 Å². The van der Waals surface area contributed by atoms with E-state index >= 15 is 0 Å². The number of hydrogen-bond donors (Lipinski definition) is 2. The third-order valence-electron chi connectivity index (χ3n) is 2.98. The first-order chi connectivity index (χ1) is 6.90. The fraction of sp³-hybridized carbons (Fsp3) is 0.778. The minimum Gasteiger partial charge on any atom is -0.480 e. The Morgan fingerprint density at radius 3 is 2.73 bits per heavy atom. The summed E-state index contributed by atoms with van der Waals surface area (Å²) in [6.45, 7) is 3.75. The van der Waals surface area contributed by atoms with Crippen molar-refractivity contribution in [2.75, 3.05) is 5.75 Å². The van der Waals surface area contributed by atoms with Gasteiger partial charge in [-0.3, -0.25) is 4.79 Å². The maximum atomic E-state index is 11.7. The number of β-lactam (4-membered cyclic amide) rings is 1. The zero-order valence-corrected chi connectivity index (χ0v) is 10.2. The molecule has 2 rings (SSSR count). The standard InChI is InChI=1S/C9H13NO3S2/c1-9(2)5(8(12)13)10-6(11)4(3-14)7(10)15-9/h4-5,7,14H,3H2,1-2H3,(H,12,13)/t4?,5-,7+/m0/s1. The van der Waals surface area contributed by atoms with E-state index in [2.05, 4.69) is 12.6 Å². The molecule has 2 aliphatic rings. The summed E-state index contributed by atoms with van der Waals surface area (Å²) in [5.41, 5.74) is 0. The van der Waals surface area contributed by atoms with Crippen molar-refractivity contribution in [1.82, 2.24) is 4.90 Å². The molecule has 3 atom stereocenters. The predicted molar refractivity (Wildman–Crippen MR) is 61.1 cm³/mol. The van der Waals surface area contributed by atoms with Crippen LogP contribution in [0.4, 0.5) is 0 Å². The molecule has 84 valence electrons. The van der Waals surface area contributed by atoms with Crippen molar-refractivity contribution < 1.29 is 14.7 Å². The van der Waals surface area contributed by atoms with E-state index in [1.807, 2.05) is 13.8 Å². The van der Waals surface area contributed by atoms with Crippen LogP contribution in [0.2, 0.25) is 0 Å². The molecule has 0 aromatic carbocycles. The number of carboxylic acids is 1. The second-order valence-electron chi connectivity index (χ2n) is 4.39. The van der Waals surface area contributed by atoms with Crippen molar-refractivity contribution in [2.24, 2.45) is 5.92 Å².